The number of thiophene rings is 1. The third kappa shape index (κ3) is 3.19. The number of hydrogen-bond donors (Lipinski definition) is 1. The third-order valence-corrected chi connectivity index (χ3v) is 4.97. The van der Waals surface area contributed by atoms with E-state index in [2.05, 4.69) is 21.2 Å². The molecule has 1 atom stereocenters. The molecule has 1 unspecified atom stereocenters. The maximum absolute atomic E-state index is 13.7. The Morgan fingerprint density at radius 3 is 2.70 bits per heavy atom. The summed E-state index contributed by atoms with van der Waals surface area (Å²) in [6, 6.07) is 7.34. The molecule has 0 spiro atoms. The van der Waals surface area contributed by atoms with Crippen LogP contribution in [0.4, 0.5) is 10.1 Å². The van der Waals surface area contributed by atoms with Crippen molar-refractivity contribution >= 4 is 38.9 Å². The van der Waals surface area contributed by atoms with Crippen molar-refractivity contribution in [3.8, 4) is 0 Å². The summed E-state index contributed by atoms with van der Waals surface area (Å²) < 4.78 is 19.4. The minimum absolute atomic E-state index is 0.269. The van der Waals surface area contributed by atoms with Crippen molar-refractivity contribution in [3.05, 3.63) is 50.4 Å². The molecule has 0 saturated heterocycles. The van der Waals surface area contributed by atoms with E-state index < -0.39 is 17.8 Å². The van der Waals surface area contributed by atoms with Gasteiger partial charge in [0.15, 0.2) is 6.04 Å². The fraction of sp³-hybridized carbons (Fsp3) is 0.214. The van der Waals surface area contributed by atoms with Gasteiger partial charge in [-0.2, -0.15) is 0 Å². The summed E-state index contributed by atoms with van der Waals surface area (Å²) in [6.45, 7) is 1.94. The van der Waals surface area contributed by atoms with Gasteiger partial charge in [0, 0.05) is 14.2 Å². The molecule has 0 bridgehead atoms. The van der Waals surface area contributed by atoms with Gasteiger partial charge in [0.25, 0.3) is 0 Å². The van der Waals surface area contributed by atoms with Crippen molar-refractivity contribution in [2.45, 2.75) is 13.0 Å². The van der Waals surface area contributed by atoms with Gasteiger partial charge in [-0.1, -0.05) is 12.1 Å². The number of benzene rings is 1. The van der Waals surface area contributed by atoms with Gasteiger partial charge in [-0.3, -0.25) is 0 Å². The highest BCUT2D eigenvalue weighted by atomic mass is 79.9. The summed E-state index contributed by atoms with van der Waals surface area (Å²) >= 11 is 4.87. The number of carbonyl (C=O) groups is 1. The molecule has 0 aliphatic carbocycles. The van der Waals surface area contributed by atoms with E-state index in [1.165, 1.54) is 24.5 Å². The number of para-hydroxylation sites is 1. The number of ether oxygens (including phenoxy) is 1. The van der Waals surface area contributed by atoms with E-state index in [1.807, 2.05) is 13.0 Å². The maximum atomic E-state index is 13.7. The Balaban J connectivity index is 2.34. The third-order valence-electron chi connectivity index (χ3n) is 2.77. The zero-order chi connectivity index (χ0) is 14.7. The number of anilines is 1. The van der Waals surface area contributed by atoms with Crippen molar-refractivity contribution in [1.29, 1.82) is 0 Å². The highest BCUT2D eigenvalue weighted by Gasteiger charge is 2.24. The number of aryl methyl sites for hydroxylation is 1. The predicted molar refractivity (Wildman–Crippen MR) is 81.5 cm³/mol. The Hall–Kier alpha value is -1.40. The summed E-state index contributed by atoms with van der Waals surface area (Å²) in [4.78, 5) is 13.7. The molecule has 0 amide bonds. The Morgan fingerprint density at radius 1 is 1.45 bits per heavy atom. The van der Waals surface area contributed by atoms with Gasteiger partial charge >= 0.3 is 5.97 Å². The normalized spacial score (nSPS) is 12.0. The van der Waals surface area contributed by atoms with E-state index in [9.17, 15) is 9.18 Å². The first-order valence-electron chi connectivity index (χ1n) is 5.87. The minimum Gasteiger partial charge on any atom is -0.467 e. The molecule has 1 aromatic heterocycles. The summed E-state index contributed by atoms with van der Waals surface area (Å²) in [6.07, 6.45) is 0. The lowest BCUT2D eigenvalue weighted by Crippen LogP contribution is -2.21. The van der Waals surface area contributed by atoms with E-state index in [0.29, 0.717) is 0 Å². The molecule has 0 aliphatic rings. The van der Waals surface area contributed by atoms with Crippen molar-refractivity contribution in [2.75, 3.05) is 12.4 Å². The molecular formula is C14H13BrFNO2S. The molecule has 0 fully saturated rings. The van der Waals surface area contributed by atoms with Gasteiger partial charge in [0.1, 0.15) is 5.82 Å². The standard InChI is InChI=1S/C14H13BrFNO2S/c1-8-9(15)7-12(20-8)13(14(18)19-2)17-11-6-4-3-5-10(11)16/h3-7,13,17H,1-2H3. The average Bonchev–Trinajstić information content (AvgIpc) is 2.76. The summed E-state index contributed by atoms with van der Waals surface area (Å²) in [7, 11) is 1.31. The number of methoxy groups -OCH3 is 1. The molecule has 3 nitrogen and oxygen atoms in total. The first kappa shape index (κ1) is 15.0. The zero-order valence-corrected chi connectivity index (χ0v) is 13.3. The van der Waals surface area contributed by atoms with E-state index in [4.69, 9.17) is 4.74 Å². The van der Waals surface area contributed by atoms with Crippen LogP contribution in [-0.2, 0) is 9.53 Å². The molecule has 1 aromatic carbocycles. The van der Waals surface area contributed by atoms with Gasteiger partial charge in [0.05, 0.1) is 12.8 Å². The molecule has 0 saturated carbocycles. The lowest BCUT2D eigenvalue weighted by atomic mass is 10.2. The Kier molecular flexibility index (Phi) is 4.77. The minimum atomic E-state index is -0.730. The SMILES string of the molecule is COC(=O)C(Nc1ccccc1F)c1cc(Br)c(C)s1. The van der Waals surface area contributed by atoms with Crippen LogP contribution in [0, 0.1) is 12.7 Å². The molecule has 0 aliphatic heterocycles. The zero-order valence-electron chi connectivity index (χ0n) is 10.9. The Labute approximate surface area is 128 Å². The molecule has 2 aromatic rings. The highest BCUT2D eigenvalue weighted by Crippen LogP contribution is 2.33. The quantitative estimate of drug-likeness (QED) is 0.829. The second-order valence-corrected chi connectivity index (χ2v) is 6.28. The van der Waals surface area contributed by atoms with Crippen LogP contribution in [0.2, 0.25) is 0 Å². The van der Waals surface area contributed by atoms with Crippen molar-refractivity contribution in [1.82, 2.24) is 0 Å². The first-order valence-corrected chi connectivity index (χ1v) is 7.48. The van der Waals surface area contributed by atoms with E-state index in [-0.39, 0.29) is 5.69 Å². The number of carbonyl (C=O) groups excluding carboxylic acids is 1. The van der Waals surface area contributed by atoms with Gasteiger partial charge in [-0.25, -0.2) is 9.18 Å². The largest absolute Gasteiger partial charge is 0.467 e. The average molecular weight is 358 g/mol. The fourth-order valence-electron chi connectivity index (χ4n) is 1.72. The maximum Gasteiger partial charge on any atom is 0.333 e. The molecule has 6 heteroatoms. The van der Waals surface area contributed by atoms with Crippen molar-refractivity contribution in [3.63, 3.8) is 0 Å². The van der Waals surface area contributed by atoms with Crippen LogP contribution in [0.3, 0.4) is 0 Å². The number of rotatable bonds is 4. The van der Waals surface area contributed by atoms with E-state index >= 15 is 0 Å². The molecule has 106 valence electrons. The van der Waals surface area contributed by atoms with Crippen LogP contribution in [0.25, 0.3) is 0 Å². The molecule has 2 rings (SSSR count). The number of esters is 1. The lowest BCUT2D eigenvalue weighted by molar-refractivity contribution is -0.141. The van der Waals surface area contributed by atoms with Crippen LogP contribution >= 0.6 is 27.3 Å². The first-order chi connectivity index (χ1) is 9.52. The van der Waals surface area contributed by atoms with Crippen LogP contribution in [-0.4, -0.2) is 13.1 Å². The lowest BCUT2D eigenvalue weighted by Gasteiger charge is -2.16. The predicted octanol–water partition coefficient (Wildman–Crippen LogP) is 4.28. The second kappa shape index (κ2) is 6.37. The van der Waals surface area contributed by atoms with Crippen LogP contribution in [0.1, 0.15) is 15.8 Å². The van der Waals surface area contributed by atoms with E-state index in [1.54, 1.807) is 18.2 Å². The smallest absolute Gasteiger partial charge is 0.333 e. The van der Waals surface area contributed by atoms with E-state index in [0.717, 1.165) is 14.2 Å². The second-order valence-electron chi connectivity index (χ2n) is 4.13. The highest BCUT2D eigenvalue weighted by molar-refractivity contribution is 9.10. The Morgan fingerprint density at radius 2 is 2.15 bits per heavy atom. The molecule has 1 N–H and O–H groups in total. The number of hydrogen-bond acceptors (Lipinski definition) is 4. The Bertz CT molecular complexity index is 610. The van der Waals surface area contributed by atoms with Crippen molar-refractivity contribution in [2.24, 2.45) is 0 Å². The molecular weight excluding hydrogens is 345 g/mol. The summed E-state index contributed by atoms with van der Waals surface area (Å²) in [5.41, 5.74) is 0.269. The topological polar surface area (TPSA) is 38.3 Å². The number of nitrogens with one attached hydrogen (secondary N) is 1. The van der Waals surface area contributed by atoms with Gasteiger partial charge in [-0.05, 0) is 41.1 Å². The molecule has 1 heterocycles. The monoisotopic (exact) mass is 357 g/mol. The summed E-state index contributed by atoms with van der Waals surface area (Å²) in [5, 5.41) is 2.89. The van der Waals surface area contributed by atoms with Crippen LogP contribution in [0.15, 0.2) is 34.8 Å². The van der Waals surface area contributed by atoms with Crippen LogP contribution in [0.5, 0.6) is 0 Å². The van der Waals surface area contributed by atoms with Gasteiger partial charge in [-0.15, -0.1) is 11.3 Å². The number of halogens is 2. The van der Waals surface area contributed by atoms with Gasteiger partial charge < -0.3 is 10.1 Å². The molecule has 20 heavy (non-hydrogen) atoms. The summed E-state index contributed by atoms with van der Waals surface area (Å²) in [5.74, 6) is -0.865. The van der Waals surface area contributed by atoms with Crippen molar-refractivity contribution < 1.29 is 13.9 Å². The van der Waals surface area contributed by atoms with Gasteiger partial charge in [0.2, 0.25) is 0 Å². The molecule has 0 radical (unpaired) electrons. The fourth-order valence-corrected chi connectivity index (χ4v) is 3.32. The van der Waals surface area contributed by atoms with Crippen LogP contribution < -0.4 is 5.32 Å².